The quantitative estimate of drug-likeness (QED) is 0.585. The highest BCUT2D eigenvalue weighted by atomic mass is 127. The largest absolute Gasteiger partial charge is 0.464 e. The van der Waals surface area contributed by atoms with Gasteiger partial charge in [-0.15, -0.1) is 0 Å². The van der Waals surface area contributed by atoms with Gasteiger partial charge in [-0.25, -0.2) is 14.3 Å². The standard InChI is InChI=1S/C8H6IN3O2/c1-14-8(13)5-2-3-7-10-4-6(9)12(7)11-5/h2-4H,1H3. The lowest BCUT2D eigenvalue weighted by Crippen LogP contribution is -2.07. The summed E-state index contributed by atoms with van der Waals surface area (Å²) in [5.41, 5.74) is 0.984. The Bertz CT molecular complexity index is 494. The molecule has 0 fully saturated rings. The molecule has 0 bridgehead atoms. The lowest BCUT2D eigenvalue weighted by Gasteiger charge is -1.99. The number of carbonyl (C=O) groups excluding carboxylic acids is 1. The van der Waals surface area contributed by atoms with Crippen molar-refractivity contribution in [1.29, 1.82) is 0 Å². The van der Waals surface area contributed by atoms with E-state index in [0.29, 0.717) is 5.65 Å². The smallest absolute Gasteiger partial charge is 0.358 e. The van der Waals surface area contributed by atoms with Crippen molar-refractivity contribution in [3.63, 3.8) is 0 Å². The first kappa shape index (κ1) is 9.38. The fourth-order valence-electron chi connectivity index (χ4n) is 1.06. The highest BCUT2D eigenvalue weighted by molar-refractivity contribution is 14.1. The summed E-state index contributed by atoms with van der Waals surface area (Å²) in [6.07, 6.45) is 1.68. The van der Waals surface area contributed by atoms with Crippen LogP contribution < -0.4 is 0 Å². The molecule has 0 aliphatic carbocycles. The fraction of sp³-hybridized carbons (Fsp3) is 0.125. The fourth-order valence-corrected chi connectivity index (χ4v) is 1.55. The normalized spacial score (nSPS) is 10.4. The molecule has 2 heterocycles. The minimum Gasteiger partial charge on any atom is -0.464 e. The number of carbonyl (C=O) groups is 1. The van der Waals surface area contributed by atoms with Gasteiger partial charge in [0.05, 0.1) is 13.3 Å². The highest BCUT2D eigenvalue weighted by Crippen LogP contribution is 2.08. The van der Waals surface area contributed by atoms with Crippen LogP contribution in [0.2, 0.25) is 0 Å². The Morgan fingerprint density at radius 2 is 2.36 bits per heavy atom. The van der Waals surface area contributed by atoms with Crippen molar-refractivity contribution in [2.45, 2.75) is 0 Å². The second-order valence-corrected chi connectivity index (χ2v) is 3.67. The van der Waals surface area contributed by atoms with Gasteiger partial charge >= 0.3 is 5.97 Å². The average Bonchev–Trinajstić information content (AvgIpc) is 2.59. The molecule has 0 aliphatic heterocycles. The number of nitrogens with zero attached hydrogens (tertiary/aromatic N) is 3. The molecule has 0 amide bonds. The number of rotatable bonds is 1. The number of hydrogen-bond donors (Lipinski definition) is 0. The molecule has 2 rings (SSSR count). The molecule has 0 spiro atoms. The molecule has 14 heavy (non-hydrogen) atoms. The zero-order valence-corrected chi connectivity index (χ0v) is 9.43. The van der Waals surface area contributed by atoms with Crippen molar-refractivity contribution in [2.75, 3.05) is 7.11 Å². The van der Waals surface area contributed by atoms with E-state index in [1.54, 1.807) is 22.8 Å². The molecule has 5 nitrogen and oxygen atoms in total. The van der Waals surface area contributed by atoms with Crippen LogP contribution in [0.5, 0.6) is 0 Å². The lowest BCUT2D eigenvalue weighted by atomic mass is 10.4. The highest BCUT2D eigenvalue weighted by Gasteiger charge is 2.09. The first-order chi connectivity index (χ1) is 6.72. The third-order valence-corrected chi connectivity index (χ3v) is 2.45. The maximum atomic E-state index is 11.2. The van der Waals surface area contributed by atoms with Gasteiger partial charge in [-0.2, -0.15) is 5.10 Å². The number of aromatic nitrogens is 3. The van der Waals surface area contributed by atoms with Gasteiger partial charge in [0.25, 0.3) is 0 Å². The predicted octanol–water partition coefficient (Wildman–Crippen LogP) is 1.12. The Labute approximate surface area is 93.2 Å². The van der Waals surface area contributed by atoms with E-state index in [2.05, 4.69) is 37.4 Å². The monoisotopic (exact) mass is 303 g/mol. The van der Waals surface area contributed by atoms with Crippen molar-refractivity contribution in [2.24, 2.45) is 0 Å². The van der Waals surface area contributed by atoms with E-state index < -0.39 is 5.97 Å². The summed E-state index contributed by atoms with van der Waals surface area (Å²) < 4.78 is 7.00. The topological polar surface area (TPSA) is 56.5 Å². The van der Waals surface area contributed by atoms with Gasteiger partial charge in [-0.1, -0.05) is 0 Å². The molecule has 0 unspecified atom stereocenters. The molecular weight excluding hydrogens is 297 g/mol. The minimum atomic E-state index is -0.448. The molecular formula is C8H6IN3O2. The van der Waals surface area contributed by atoms with E-state index in [-0.39, 0.29) is 5.69 Å². The zero-order chi connectivity index (χ0) is 10.1. The third kappa shape index (κ3) is 1.45. The summed E-state index contributed by atoms with van der Waals surface area (Å²) in [6.45, 7) is 0. The van der Waals surface area contributed by atoms with E-state index in [1.807, 2.05) is 0 Å². The molecule has 0 radical (unpaired) electrons. The van der Waals surface area contributed by atoms with Crippen LogP contribution in [0.25, 0.3) is 5.65 Å². The Hall–Kier alpha value is -1.18. The molecule has 0 aromatic carbocycles. The Morgan fingerprint density at radius 1 is 1.57 bits per heavy atom. The number of halogens is 1. The summed E-state index contributed by atoms with van der Waals surface area (Å²) in [4.78, 5) is 15.3. The number of esters is 1. The van der Waals surface area contributed by atoms with Gasteiger partial charge < -0.3 is 4.74 Å². The molecule has 0 saturated carbocycles. The number of ether oxygens (including phenoxy) is 1. The van der Waals surface area contributed by atoms with Crippen LogP contribution in [0.4, 0.5) is 0 Å². The van der Waals surface area contributed by atoms with Crippen LogP contribution in [0.1, 0.15) is 10.5 Å². The summed E-state index contributed by atoms with van der Waals surface area (Å²) in [6, 6.07) is 3.31. The molecule has 72 valence electrons. The van der Waals surface area contributed by atoms with E-state index in [1.165, 1.54) is 7.11 Å². The van der Waals surface area contributed by atoms with Gasteiger partial charge in [0.15, 0.2) is 11.3 Å². The van der Waals surface area contributed by atoms with Gasteiger partial charge in [-0.05, 0) is 34.7 Å². The second-order valence-electron chi connectivity index (χ2n) is 2.56. The van der Waals surface area contributed by atoms with Crippen molar-refractivity contribution < 1.29 is 9.53 Å². The SMILES string of the molecule is COC(=O)c1ccc2ncc(I)n2n1. The molecule has 2 aromatic rings. The van der Waals surface area contributed by atoms with Gasteiger partial charge in [0.2, 0.25) is 0 Å². The van der Waals surface area contributed by atoms with Gasteiger partial charge in [0.1, 0.15) is 3.70 Å². The predicted molar refractivity (Wildman–Crippen MR) is 57.0 cm³/mol. The van der Waals surface area contributed by atoms with E-state index >= 15 is 0 Å². The maximum absolute atomic E-state index is 11.2. The maximum Gasteiger partial charge on any atom is 0.358 e. The summed E-state index contributed by atoms with van der Waals surface area (Å²) in [7, 11) is 1.33. The Morgan fingerprint density at radius 3 is 3.07 bits per heavy atom. The zero-order valence-electron chi connectivity index (χ0n) is 7.27. The van der Waals surface area contributed by atoms with Crippen LogP contribution in [0.3, 0.4) is 0 Å². The average molecular weight is 303 g/mol. The van der Waals surface area contributed by atoms with Crippen LogP contribution in [-0.4, -0.2) is 27.7 Å². The van der Waals surface area contributed by atoms with Crippen molar-refractivity contribution in [3.05, 3.63) is 27.7 Å². The van der Waals surface area contributed by atoms with Crippen LogP contribution in [0, 0.1) is 3.70 Å². The molecule has 0 saturated heterocycles. The summed E-state index contributed by atoms with van der Waals surface area (Å²) >= 11 is 2.09. The number of fused-ring (bicyclic) bond motifs is 1. The van der Waals surface area contributed by atoms with Crippen LogP contribution in [-0.2, 0) is 4.74 Å². The van der Waals surface area contributed by atoms with Crippen molar-refractivity contribution >= 4 is 34.2 Å². The molecule has 0 N–H and O–H groups in total. The molecule has 0 aliphatic rings. The molecule has 2 aromatic heterocycles. The molecule has 6 heteroatoms. The summed E-state index contributed by atoms with van der Waals surface area (Å²) in [5.74, 6) is -0.448. The van der Waals surface area contributed by atoms with E-state index in [9.17, 15) is 4.79 Å². The second kappa shape index (κ2) is 3.52. The minimum absolute atomic E-state index is 0.274. The Kier molecular flexibility index (Phi) is 2.36. The Balaban J connectivity index is 2.60. The number of imidazole rings is 1. The number of methoxy groups -OCH3 is 1. The van der Waals surface area contributed by atoms with E-state index in [4.69, 9.17) is 0 Å². The first-order valence-corrected chi connectivity index (χ1v) is 4.89. The van der Waals surface area contributed by atoms with Gasteiger partial charge in [0, 0.05) is 0 Å². The van der Waals surface area contributed by atoms with Gasteiger partial charge in [-0.3, -0.25) is 0 Å². The van der Waals surface area contributed by atoms with Crippen molar-refractivity contribution in [1.82, 2.24) is 14.6 Å². The third-order valence-electron chi connectivity index (χ3n) is 1.72. The number of hydrogen-bond acceptors (Lipinski definition) is 4. The van der Waals surface area contributed by atoms with E-state index in [0.717, 1.165) is 3.70 Å². The van der Waals surface area contributed by atoms with Crippen LogP contribution in [0.15, 0.2) is 18.3 Å². The van der Waals surface area contributed by atoms with Crippen molar-refractivity contribution in [3.8, 4) is 0 Å². The molecule has 0 atom stereocenters. The first-order valence-electron chi connectivity index (χ1n) is 3.81. The lowest BCUT2D eigenvalue weighted by molar-refractivity contribution is 0.0592. The summed E-state index contributed by atoms with van der Waals surface area (Å²) in [5, 5.41) is 4.08. The van der Waals surface area contributed by atoms with Crippen LogP contribution >= 0.6 is 22.6 Å².